The van der Waals surface area contributed by atoms with E-state index >= 15 is 0 Å². The number of hydrogen-bond donors (Lipinski definition) is 1. The van der Waals surface area contributed by atoms with Crippen molar-refractivity contribution in [3.8, 4) is 0 Å². The van der Waals surface area contributed by atoms with Gasteiger partial charge in [-0.1, -0.05) is 0 Å². The second-order valence-corrected chi connectivity index (χ2v) is 10.4. The SMILES string of the molecule is N[C@H]1C[C@@H](N2Cc3cnn(S(=O)(=O)[C@H]4CCOC4)c3C2)CO[C@@H]1c1cc(F)ccc1F. The summed E-state index contributed by atoms with van der Waals surface area (Å²) in [4.78, 5) is 2.10. The van der Waals surface area contributed by atoms with Crippen LogP contribution >= 0.6 is 0 Å². The molecule has 168 valence electrons. The summed E-state index contributed by atoms with van der Waals surface area (Å²) in [5.74, 6) is -1.09. The van der Waals surface area contributed by atoms with Crippen molar-refractivity contribution in [2.45, 2.75) is 49.4 Å². The standard InChI is InChI=1S/C20H24F2N4O4S/c21-13-1-2-17(22)16(5-13)20-18(23)6-14(10-30-20)25-8-12-7-24-26(19(12)9-25)31(27,28)15-3-4-29-11-15/h1-2,5,7,14-15,18,20H,3-4,6,8-11,23H2/t14-,15+,18+,20-/m1/s1. The van der Waals surface area contributed by atoms with Crippen molar-refractivity contribution >= 4 is 10.0 Å². The highest BCUT2D eigenvalue weighted by atomic mass is 32.2. The molecule has 1 aromatic carbocycles. The summed E-state index contributed by atoms with van der Waals surface area (Å²) in [6.07, 6.45) is 1.85. The zero-order valence-corrected chi connectivity index (χ0v) is 17.6. The molecular formula is C20H24F2N4O4S. The van der Waals surface area contributed by atoms with Crippen LogP contribution in [-0.2, 0) is 32.6 Å². The van der Waals surface area contributed by atoms with E-state index in [0.29, 0.717) is 38.2 Å². The highest BCUT2D eigenvalue weighted by Gasteiger charge is 2.40. The van der Waals surface area contributed by atoms with Gasteiger partial charge in [0.05, 0.1) is 25.1 Å². The molecule has 0 spiro atoms. The van der Waals surface area contributed by atoms with Gasteiger partial charge < -0.3 is 15.2 Å². The van der Waals surface area contributed by atoms with Gasteiger partial charge in [-0.25, -0.2) is 17.2 Å². The summed E-state index contributed by atoms with van der Waals surface area (Å²) in [5.41, 5.74) is 7.91. The predicted molar refractivity (Wildman–Crippen MR) is 106 cm³/mol. The normalized spacial score (nSPS) is 29.4. The Morgan fingerprint density at radius 2 is 2.03 bits per heavy atom. The molecule has 2 aromatic rings. The highest BCUT2D eigenvalue weighted by Crippen LogP contribution is 2.35. The average Bonchev–Trinajstić information content (AvgIpc) is 3.47. The average molecular weight is 454 g/mol. The largest absolute Gasteiger partial charge is 0.380 e. The fourth-order valence-corrected chi connectivity index (χ4v) is 6.27. The molecule has 3 aliphatic rings. The number of nitrogens with two attached hydrogens (primary N) is 1. The van der Waals surface area contributed by atoms with Gasteiger partial charge in [0, 0.05) is 42.9 Å². The van der Waals surface area contributed by atoms with Gasteiger partial charge >= 0.3 is 0 Å². The van der Waals surface area contributed by atoms with Gasteiger partial charge in [-0.3, -0.25) is 4.90 Å². The van der Waals surface area contributed by atoms with Crippen LogP contribution < -0.4 is 5.73 Å². The van der Waals surface area contributed by atoms with Crippen molar-refractivity contribution in [3.05, 3.63) is 52.9 Å². The second-order valence-electron chi connectivity index (χ2n) is 8.37. The minimum absolute atomic E-state index is 0.0683. The van der Waals surface area contributed by atoms with Crippen LogP contribution in [0.4, 0.5) is 8.78 Å². The molecular weight excluding hydrogens is 430 g/mol. The van der Waals surface area contributed by atoms with E-state index in [1.165, 1.54) is 0 Å². The van der Waals surface area contributed by atoms with Gasteiger partial charge in [-0.05, 0) is 31.0 Å². The van der Waals surface area contributed by atoms with Gasteiger partial charge in [-0.2, -0.15) is 9.19 Å². The number of benzene rings is 1. The van der Waals surface area contributed by atoms with E-state index in [2.05, 4.69) is 10.00 Å². The lowest BCUT2D eigenvalue weighted by Crippen LogP contribution is -2.48. The number of rotatable bonds is 4. The number of aromatic nitrogens is 2. The number of ether oxygens (including phenoxy) is 2. The van der Waals surface area contributed by atoms with Gasteiger partial charge in [0.2, 0.25) is 0 Å². The molecule has 2 fully saturated rings. The van der Waals surface area contributed by atoms with Crippen molar-refractivity contribution < 1.29 is 26.7 Å². The molecule has 0 bridgehead atoms. The van der Waals surface area contributed by atoms with E-state index in [9.17, 15) is 17.2 Å². The van der Waals surface area contributed by atoms with Gasteiger partial charge in [-0.15, -0.1) is 0 Å². The lowest BCUT2D eigenvalue weighted by molar-refractivity contribution is -0.0533. The van der Waals surface area contributed by atoms with E-state index < -0.39 is 39.1 Å². The fourth-order valence-electron chi connectivity index (χ4n) is 4.67. The first-order valence-electron chi connectivity index (χ1n) is 10.3. The Bertz CT molecular complexity index is 1090. The van der Waals surface area contributed by atoms with E-state index in [-0.39, 0.29) is 24.8 Å². The van der Waals surface area contributed by atoms with Crippen LogP contribution in [0.5, 0.6) is 0 Å². The number of nitrogens with zero attached hydrogens (tertiary/aromatic N) is 3. The van der Waals surface area contributed by atoms with Crippen LogP contribution in [0, 0.1) is 11.6 Å². The third-order valence-electron chi connectivity index (χ3n) is 6.38. The van der Waals surface area contributed by atoms with E-state index in [1.54, 1.807) is 6.20 Å². The number of fused-ring (bicyclic) bond motifs is 1. The molecule has 0 amide bonds. The molecule has 11 heteroatoms. The maximum Gasteiger partial charge on any atom is 0.259 e. The lowest BCUT2D eigenvalue weighted by Gasteiger charge is -2.38. The van der Waals surface area contributed by atoms with Crippen molar-refractivity contribution in [2.24, 2.45) is 5.73 Å². The molecule has 0 aliphatic carbocycles. The molecule has 0 radical (unpaired) electrons. The van der Waals surface area contributed by atoms with Crippen LogP contribution in [0.15, 0.2) is 24.4 Å². The molecule has 0 saturated carbocycles. The first kappa shape index (κ1) is 21.0. The maximum absolute atomic E-state index is 14.2. The summed E-state index contributed by atoms with van der Waals surface area (Å²) in [5, 5.41) is 3.55. The number of hydrogen-bond acceptors (Lipinski definition) is 7. The minimum Gasteiger partial charge on any atom is -0.380 e. The summed E-state index contributed by atoms with van der Waals surface area (Å²) in [6, 6.07) is 2.67. The zero-order chi connectivity index (χ0) is 21.8. The minimum atomic E-state index is -3.62. The Kier molecular flexibility index (Phi) is 5.33. The molecule has 2 N–H and O–H groups in total. The third-order valence-corrected chi connectivity index (χ3v) is 8.39. The van der Waals surface area contributed by atoms with Crippen molar-refractivity contribution in [1.29, 1.82) is 0 Å². The summed E-state index contributed by atoms with van der Waals surface area (Å²) in [7, 11) is -3.62. The summed E-state index contributed by atoms with van der Waals surface area (Å²) >= 11 is 0. The molecule has 1 aromatic heterocycles. The highest BCUT2D eigenvalue weighted by molar-refractivity contribution is 7.90. The van der Waals surface area contributed by atoms with Crippen molar-refractivity contribution in [1.82, 2.24) is 14.1 Å². The van der Waals surface area contributed by atoms with Crippen LogP contribution in [-0.4, -0.2) is 59.7 Å². The summed E-state index contributed by atoms with van der Waals surface area (Å²) in [6.45, 7) is 1.84. The van der Waals surface area contributed by atoms with Crippen molar-refractivity contribution in [2.75, 3.05) is 19.8 Å². The molecule has 0 unspecified atom stereocenters. The van der Waals surface area contributed by atoms with Crippen LogP contribution in [0.3, 0.4) is 0 Å². The fraction of sp³-hybridized carbons (Fsp3) is 0.550. The third kappa shape index (κ3) is 3.68. The van der Waals surface area contributed by atoms with Gasteiger partial charge in [0.1, 0.15) is 23.0 Å². The Hall–Kier alpha value is -1.92. The predicted octanol–water partition coefficient (Wildman–Crippen LogP) is 1.30. The first-order chi connectivity index (χ1) is 14.8. The van der Waals surface area contributed by atoms with Gasteiger partial charge in [0.15, 0.2) is 0 Å². The van der Waals surface area contributed by atoms with Crippen molar-refractivity contribution in [3.63, 3.8) is 0 Å². The quantitative estimate of drug-likeness (QED) is 0.743. The monoisotopic (exact) mass is 454 g/mol. The van der Waals surface area contributed by atoms with Gasteiger partial charge in [0.25, 0.3) is 10.0 Å². The molecule has 4 atom stereocenters. The zero-order valence-electron chi connectivity index (χ0n) is 16.8. The Morgan fingerprint density at radius 1 is 1.19 bits per heavy atom. The molecule has 5 rings (SSSR count). The molecule has 8 nitrogen and oxygen atoms in total. The smallest absolute Gasteiger partial charge is 0.259 e. The first-order valence-corrected chi connectivity index (χ1v) is 11.8. The lowest BCUT2D eigenvalue weighted by atomic mass is 9.93. The molecule has 31 heavy (non-hydrogen) atoms. The Balaban J connectivity index is 1.29. The van der Waals surface area contributed by atoms with Crippen LogP contribution in [0.2, 0.25) is 0 Å². The number of halogens is 2. The van der Waals surface area contributed by atoms with E-state index in [4.69, 9.17) is 15.2 Å². The van der Waals surface area contributed by atoms with Crippen LogP contribution in [0.25, 0.3) is 0 Å². The Labute approximate surface area is 179 Å². The van der Waals surface area contributed by atoms with E-state index in [1.807, 2.05) is 0 Å². The Morgan fingerprint density at radius 3 is 2.77 bits per heavy atom. The molecule has 2 saturated heterocycles. The van der Waals surface area contributed by atoms with Crippen LogP contribution in [0.1, 0.15) is 35.8 Å². The van der Waals surface area contributed by atoms with E-state index in [0.717, 1.165) is 27.8 Å². The molecule has 4 heterocycles. The second kappa shape index (κ2) is 7.89. The topological polar surface area (TPSA) is 99.7 Å². The molecule has 3 aliphatic heterocycles. The summed E-state index contributed by atoms with van der Waals surface area (Å²) < 4.78 is 65.9. The maximum atomic E-state index is 14.2.